The van der Waals surface area contributed by atoms with E-state index in [0.29, 0.717) is 13.1 Å². The molecule has 0 fully saturated rings. The van der Waals surface area contributed by atoms with Gasteiger partial charge in [-0.3, -0.25) is 0 Å². The van der Waals surface area contributed by atoms with Gasteiger partial charge in [-0.2, -0.15) is 0 Å². The van der Waals surface area contributed by atoms with E-state index in [4.69, 9.17) is 0 Å². The van der Waals surface area contributed by atoms with Crippen LogP contribution in [0, 0.1) is 5.82 Å². The molecule has 1 atom stereocenters. The van der Waals surface area contributed by atoms with E-state index in [0.717, 1.165) is 29.6 Å². The normalized spacial score (nSPS) is 16.5. The zero-order chi connectivity index (χ0) is 18.1. The van der Waals surface area contributed by atoms with E-state index in [-0.39, 0.29) is 17.9 Å². The highest BCUT2D eigenvalue weighted by molar-refractivity contribution is 5.86. The Morgan fingerprint density at radius 1 is 1.23 bits per heavy atom. The Bertz CT molecular complexity index is 932. The summed E-state index contributed by atoms with van der Waals surface area (Å²) in [6.45, 7) is 3.31. The lowest BCUT2D eigenvalue weighted by Crippen LogP contribution is -2.46. The van der Waals surface area contributed by atoms with Gasteiger partial charge in [0, 0.05) is 29.7 Å². The average molecular weight is 351 g/mol. The molecule has 5 heteroatoms. The van der Waals surface area contributed by atoms with Crippen molar-refractivity contribution in [1.29, 1.82) is 0 Å². The molecule has 1 aromatic heterocycles. The lowest BCUT2D eigenvalue weighted by Gasteiger charge is -2.36. The molecule has 134 valence electrons. The first-order valence-corrected chi connectivity index (χ1v) is 9.08. The molecule has 26 heavy (non-hydrogen) atoms. The third-order valence-electron chi connectivity index (χ3n) is 5.01. The molecule has 4 rings (SSSR count). The lowest BCUT2D eigenvalue weighted by atomic mass is 9.92. The zero-order valence-electron chi connectivity index (χ0n) is 14.8. The Hall–Kier alpha value is -2.82. The molecule has 0 radical (unpaired) electrons. The summed E-state index contributed by atoms with van der Waals surface area (Å²) in [6.07, 6.45) is 1.69. The molecule has 2 N–H and O–H groups in total. The van der Waals surface area contributed by atoms with E-state index in [1.165, 1.54) is 23.1 Å². The van der Waals surface area contributed by atoms with Crippen LogP contribution < -0.4 is 5.32 Å². The van der Waals surface area contributed by atoms with Gasteiger partial charge in [-0.1, -0.05) is 37.3 Å². The lowest BCUT2D eigenvalue weighted by molar-refractivity contribution is 0.179. The number of carbonyl (C=O) groups is 1. The zero-order valence-corrected chi connectivity index (χ0v) is 14.8. The third kappa shape index (κ3) is 2.83. The van der Waals surface area contributed by atoms with Gasteiger partial charge in [-0.15, -0.1) is 0 Å². The van der Waals surface area contributed by atoms with Crippen LogP contribution in [0.5, 0.6) is 0 Å². The minimum atomic E-state index is -0.275. The Kier molecular flexibility index (Phi) is 4.37. The molecule has 2 aromatic carbocycles. The number of halogens is 1. The summed E-state index contributed by atoms with van der Waals surface area (Å²) in [5.41, 5.74) is 4.25. The number of urea groups is 1. The van der Waals surface area contributed by atoms with Crippen molar-refractivity contribution in [3.63, 3.8) is 0 Å². The molecule has 4 nitrogen and oxygen atoms in total. The highest BCUT2D eigenvalue weighted by Gasteiger charge is 2.34. The summed E-state index contributed by atoms with van der Waals surface area (Å²) in [6, 6.07) is 14.3. The molecule has 1 aliphatic heterocycles. The van der Waals surface area contributed by atoms with Crippen molar-refractivity contribution in [3.8, 4) is 0 Å². The number of hydrogen-bond donors (Lipinski definition) is 2. The van der Waals surface area contributed by atoms with Crippen LogP contribution in [0.1, 0.15) is 36.2 Å². The van der Waals surface area contributed by atoms with E-state index in [1.807, 2.05) is 24.0 Å². The number of benzene rings is 2. The predicted molar refractivity (Wildman–Crippen MR) is 101 cm³/mol. The molecule has 0 unspecified atom stereocenters. The van der Waals surface area contributed by atoms with Crippen LogP contribution in [0.2, 0.25) is 0 Å². The average Bonchev–Trinajstić information content (AvgIpc) is 3.05. The Morgan fingerprint density at radius 3 is 2.77 bits per heavy atom. The maximum Gasteiger partial charge on any atom is 0.318 e. The molecule has 0 bridgehead atoms. The van der Waals surface area contributed by atoms with E-state index >= 15 is 0 Å². The first kappa shape index (κ1) is 16.6. The van der Waals surface area contributed by atoms with Crippen molar-refractivity contribution >= 4 is 16.9 Å². The van der Waals surface area contributed by atoms with Crippen molar-refractivity contribution in [2.75, 3.05) is 13.1 Å². The molecule has 2 heterocycles. The fraction of sp³-hybridized carbons (Fsp3) is 0.286. The number of aromatic amines is 1. The maximum atomic E-state index is 13.4. The summed E-state index contributed by atoms with van der Waals surface area (Å²) in [5, 5.41) is 4.17. The smallest absolute Gasteiger partial charge is 0.318 e. The molecular weight excluding hydrogens is 329 g/mol. The molecule has 1 aliphatic rings. The van der Waals surface area contributed by atoms with Crippen LogP contribution in [-0.4, -0.2) is 29.0 Å². The van der Waals surface area contributed by atoms with Gasteiger partial charge in [-0.05, 0) is 42.2 Å². The second-order valence-electron chi connectivity index (χ2n) is 6.69. The van der Waals surface area contributed by atoms with Gasteiger partial charge in [0.2, 0.25) is 0 Å². The number of rotatable bonds is 3. The Morgan fingerprint density at radius 2 is 2.00 bits per heavy atom. The molecular formula is C21H22FN3O. The number of aromatic nitrogens is 1. The van der Waals surface area contributed by atoms with Crippen LogP contribution in [0.15, 0.2) is 48.5 Å². The number of nitrogens with one attached hydrogen (secondary N) is 2. The molecule has 0 aliphatic carbocycles. The molecule has 2 amide bonds. The monoisotopic (exact) mass is 351 g/mol. The van der Waals surface area contributed by atoms with Crippen molar-refractivity contribution in [1.82, 2.24) is 15.2 Å². The van der Waals surface area contributed by atoms with Crippen molar-refractivity contribution in [2.45, 2.75) is 25.8 Å². The minimum Gasteiger partial charge on any atom is -0.356 e. The second-order valence-corrected chi connectivity index (χ2v) is 6.69. The fourth-order valence-corrected chi connectivity index (χ4v) is 3.78. The number of fused-ring (bicyclic) bond motifs is 3. The Labute approximate surface area is 152 Å². The summed E-state index contributed by atoms with van der Waals surface area (Å²) in [4.78, 5) is 18.1. The minimum absolute atomic E-state index is 0.0783. The molecule has 0 saturated carbocycles. The van der Waals surface area contributed by atoms with Crippen LogP contribution in [0.25, 0.3) is 10.9 Å². The van der Waals surface area contributed by atoms with Gasteiger partial charge >= 0.3 is 6.03 Å². The third-order valence-corrected chi connectivity index (χ3v) is 5.01. The predicted octanol–water partition coefficient (Wildman–Crippen LogP) is 4.37. The first-order valence-electron chi connectivity index (χ1n) is 9.08. The van der Waals surface area contributed by atoms with Crippen LogP contribution >= 0.6 is 0 Å². The number of nitrogens with zero attached hydrogens (tertiary/aromatic N) is 1. The van der Waals surface area contributed by atoms with E-state index in [9.17, 15) is 9.18 Å². The standard InChI is InChI=1S/C21H22FN3O/c1-2-12-23-21(26)25-13-11-17-16-5-3-4-6-18(16)24-19(17)20(25)14-7-9-15(22)10-8-14/h3-10,20,24H,2,11-13H2,1H3,(H,23,26)/t20-/m1/s1. The number of hydrogen-bond acceptors (Lipinski definition) is 1. The topological polar surface area (TPSA) is 48.1 Å². The van der Waals surface area contributed by atoms with Crippen LogP contribution in [0.3, 0.4) is 0 Å². The summed E-state index contributed by atoms with van der Waals surface area (Å²) < 4.78 is 13.4. The van der Waals surface area contributed by atoms with Crippen molar-refractivity contribution in [3.05, 3.63) is 71.2 Å². The quantitative estimate of drug-likeness (QED) is 0.723. The van der Waals surface area contributed by atoms with Crippen molar-refractivity contribution < 1.29 is 9.18 Å². The fourth-order valence-electron chi connectivity index (χ4n) is 3.78. The number of para-hydroxylation sites is 1. The first-order chi connectivity index (χ1) is 12.7. The van der Waals surface area contributed by atoms with Gasteiger partial charge < -0.3 is 15.2 Å². The van der Waals surface area contributed by atoms with Crippen LogP contribution in [0.4, 0.5) is 9.18 Å². The van der Waals surface area contributed by atoms with Gasteiger partial charge in [0.15, 0.2) is 0 Å². The highest BCUT2D eigenvalue weighted by atomic mass is 19.1. The van der Waals surface area contributed by atoms with Gasteiger partial charge in [0.1, 0.15) is 5.82 Å². The van der Waals surface area contributed by atoms with Gasteiger partial charge in [0.25, 0.3) is 0 Å². The molecule has 0 spiro atoms. The van der Waals surface area contributed by atoms with E-state index in [2.05, 4.69) is 22.4 Å². The van der Waals surface area contributed by atoms with Crippen molar-refractivity contribution in [2.24, 2.45) is 0 Å². The Balaban J connectivity index is 1.82. The largest absolute Gasteiger partial charge is 0.356 e. The van der Waals surface area contributed by atoms with Crippen LogP contribution in [-0.2, 0) is 6.42 Å². The SMILES string of the molecule is CCCNC(=O)N1CCc2c([nH]c3ccccc23)[C@H]1c1ccc(F)cc1. The number of H-pyrrole nitrogens is 1. The van der Waals surface area contributed by atoms with E-state index < -0.39 is 0 Å². The maximum absolute atomic E-state index is 13.4. The summed E-state index contributed by atoms with van der Waals surface area (Å²) in [5.74, 6) is -0.275. The number of carbonyl (C=O) groups excluding carboxylic acids is 1. The van der Waals surface area contributed by atoms with E-state index in [1.54, 1.807) is 12.1 Å². The van der Waals surface area contributed by atoms with Gasteiger partial charge in [0.05, 0.1) is 6.04 Å². The summed E-state index contributed by atoms with van der Waals surface area (Å²) in [7, 11) is 0. The molecule has 3 aromatic rings. The highest BCUT2D eigenvalue weighted by Crippen LogP contribution is 2.38. The number of amides is 2. The molecule has 0 saturated heterocycles. The van der Waals surface area contributed by atoms with Gasteiger partial charge in [-0.25, -0.2) is 9.18 Å². The summed E-state index contributed by atoms with van der Waals surface area (Å²) >= 11 is 0. The second kappa shape index (κ2) is 6.83.